The van der Waals surface area contributed by atoms with Crippen molar-refractivity contribution in [2.75, 3.05) is 26.2 Å². The molecule has 0 bridgehead atoms. The normalized spacial score (nSPS) is 20.7. The van der Waals surface area contributed by atoms with Gasteiger partial charge in [-0.15, -0.1) is 0 Å². The predicted molar refractivity (Wildman–Crippen MR) is 130 cm³/mol. The Morgan fingerprint density at radius 3 is 2.71 bits per heavy atom. The average molecular weight is 472 g/mol. The number of hydrogen-bond acceptors (Lipinski definition) is 6. The van der Waals surface area contributed by atoms with Crippen molar-refractivity contribution < 1.29 is 18.7 Å². The van der Waals surface area contributed by atoms with Gasteiger partial charge in [-0.25, -0.2) is 4.79 Å². The minimum atomic E-state index is -0.461. The lowest BCUT2D eigenvalue weighted by atomic mass is 9.96. The number of unbranched alkanes of at least 4 members (excludes halogenated alkanes) is 1. The van der Waals surface area contributed by atoms with Crippen LogP contribution < -0.4 is 5.76 Å². The van der Waals surface area contributed by atoms with Crippen LogP contribution in [-0.2, 0) is 20.7 Å². The van der Waals surface area contributed by atoms with E-state index in [9.17, 15) is 14.4 Å². The highest BCUT2D eigenvalue weighted by molar-refractivity contribution is 5.80. The fourth-order valence-corrected chi connectivity index (χ4v) is 5.48. The number of aryl methyl sites for hydroxylation is 1. The van der Waals surface area contributed by atoms with E-state index in [4.69, 9.17) is 9.15 Å². The van der Waals surface area contributed by atoms with Gasteiger partial charge in [-0.3, -0.25) is 19.5 Å². The molecular formula is C26H37N3O5. The van der Waals surface area contributed by atoms with Gasteiger partial charge in [0.2, 0.25) is 5.91 Å². The summed E-state index contributed by atoms with van der Waals surface area (Å²) in [4.78, 5) is 44.2. The molecule has 2 fully saturated rings. The average Bonchev–Trinajstić information content (AvgIpc) is 3.45. The van der Waals surface area contributed by atoms with Gasteiger partial charge < -0.3 is 14.1 Å². The third-order valence-electron chi connectivity index (χ3n) is 7.31. The molecule has 2 atom stereocenters. The number of aromatic amines is 1. The Labute approximate surface area is 200 Å². The first kappa shape index (κ1) is 24.5. The van der Waals surface area contributed by atoms with Gasteiger partial charge in [0.25, 0.3) is 0 Å². The van der Waals surface area contributed by atoms with Crippen LogP contribution in [0.1, 0.15) is 63.5 Å². The predicted octanol–water partition coefficient (Wildman–Crippen LogP) is 3.41. The molecule has 1 N–H and O–H groups in total. The Hall–Kier alpha value is -2.61. The molecule has 0 saturated carbocycles. The van der Waals surface area contributed by atoms with Crippen molar-refractivity contribution in [2.45, 2.75) is 77.8 Å². The first-order valence-corrected chi connectivity index (χ1v) is 12.7. The molecule has 1 aromatic heterocycles. The molecule has 2 aliphatic rings. The second-order valence-electron chi connectivity index (χ2n) is 9.88. The van der Waals surface area contributed by atoms with Crippen LogP contribution in [-0.4, -0.2) is 65.0 Å². The summed E-state index contributed by atoms with van der Waals surface area (Å²) >= 11 is 0. The van der Waals surface area contributed by atoms with Crippen LogP contribution in [0.15, 0.2) is 21.3 Å². The number of likely N-dealkylation sites (tertiary alicyclic amines) is 2. The van der Waals surface area contributed by atoms with E-state index >= 15 is 0 Å². The van der Waals surface area contributed by atoms with E-state index < -0.39 is 5.76 Å². The van der Waals surface area contributed by atoms with Gasteiger partial charge in [-0.1, -0.05) is 26.3 Å². The highest BCUT2D eigenvalue weighted by Crippen LogP contribution is 2.28. The van der Waals surface area contributed by atoms with Gasteiger partial charge in [0.05, 0.1) is 12.1 Å². The molecule has 2 saturated heterocycles. The number of oxazole rings is 1. The number of aromatic nitrogens is 1. The number of amides is 1. The number of H-pyrrole nitrogens is 1. The molecular weight excluding hydrogens is 434 g/mol. The van der Waals surface area contributed by atoms with Crippen molar-refractivity contribution in [3.63, 3.8) is 0 Å². The smallest absolute Gasteiger partial charge is 0.417 e. The summed E-state index contributed by atoms with van der Waals surface area (Å²) in [7, 11) is 0. The molecule has 0 unspecified atom stereocenters. The Morgan fingerprint density at radius 1 is 1.21 bits per heavy atom. The Bertz CT molecular complexity index is 1070. The number of nitrogens with zero attached hydrogens (tertiary/aromatic N) is 2. The van der Waals surface area contributed by atoms with Gasteiger partial charge in [-0.2, -0.15) is 0 Å². The molecule has 1 amide bonds. The van der Waals surface area contributed by atoms with Crippen LogP contribution in [0.2, 0.25) is 0 Å². The zero-order valence-corrected chi connectivity index (χ0v) is 20.6. The van der Waals surface area contributed by atoms with E-state index in [1.807, 2.05) is 30.9 Å². The SMILES string of the molecule is CCCCOC(=O)[C@@H]1CCCN1C1CCN(C(=O)[C@H](C)Cc2cc(C)c3[nH]c(=O)oc3c2)CC1. The summed E-state index contributed by atoms with van der Waals surface area (Å²) in [5, 5.41) is 0. The number of nitrogens with one attached hydrogen (secondary N) is 1. The summed E-state index contributed by atoms with van der Waals surface area (Å²) in [5.41, 5.74) is 3.18. The first-order valence-electron chi connectivity index (χ1n) is 12.7. The van der Waals surface area contributed by atoms with Gasteiger partial charge in [0.1, 0.15) is 6.04 Å². The zero-order chi connectivity index (χ0) is 24.2. The van der Waals surface area contributed by atoms with E-state index in [0.29, 0.717) is 43.3 Å². The number of hydrogen-bond donors (Lipinski definition) is 1. The van der Waals surface area contributed by atoms with E-state index in [1.54, 1.807) is 0 Å². The monoisotopic (exact) mass is 471 g/mol. The maximum atomic E-state index is 13.2. The summed E-state index contributed by atoms with van der Waals surface area (Å²) < 4.78 is 10.7. The number of piperidine rings is 1. The molecule has 0 aliphatic carbocycles. The van der Waals surface area contributed by atoms with Crippen molar-refractivity contribution in [1.82, 2.24) is 14.8 Å². The molecule has 34 heavy (non-hydrogen) atoms. The van der Waals surface area contributed by atoms with E-state index in [0.717, 1.165) is 56.2 Å². The largest absolute Gasteiger partial charge is 0.465 e. The van der Waals surface area contributed by atoms with Crippen molar-refractivity contribution >= 4 is 23.0 Å². The van der Waals surface area contributed by atoms with Crippen molar-refractivity contribution in [3.8, 4) is 0 Å². The molecule has 4 rings (SSSR count). The van der Waals surface area contributed by atoms with Crippen LogP contribution in [0.5, 0.6) is 0 Å². The molecule has 3 heterocycles. The minimum Gasteiger partial charge on any atom is -0.465 e. The maximum absolute atomic E-state index is 13.2. The molecule has 8 nitrogen and oxygen atoms in total. The Morgan fingerprint density at radius 2 is 1.97 bits per heavy atom. The van der Waals surface area contributed by atoms with E-state index in [1.165, 1.54) is 0 Å². The fourth-order valence-electron chi connectivity index (χ4n) is 5.48. The second kappa shape index (κ2) is 10.8. The number of esters is 1. The number of fused-ring (bicyclic) bond motifs is 1. The first-order chi connectivity index (χ1) is 16.4. The lowest BCUT2D eigenvalue weighted by molar-refractivity contribution is -0.150. The van der Waals surface area contributed by atoms with Gasteiger partial charge >= 0.3 is 11.7 Å². The third kappa shape index (κ3) is 5.37. The van der Waals surface area contributed by atoms with E-state index in [2.05, 4.69) is 16.8 Å². The quantitative estimate of drug-likeness (QED) is 0.468. The summed E-state index contributed by atoms with van der Waals surface area (Å²) in [6, 6.07) is 4.06. The Balaban J connectivity index is 1.31. The standard InChI is InChI=1S/C26H37N3O5/c1-4-5-13-33-25(31)21-7-6-10-29(21)20-8-11-28(12-9-20)24(30)18(3)15-19-14-17(2)23-22(16-19)34-26(32)27-23/h14,16,18,20-21H,4-13,15H2,1-3H3,(H,27,32)/t18-,21+/m1/s1. The fraction of sp³-hybridized carbons (Fsp3) is 0.654. The van der Waals surface area contributed by atoms with Crippen LogP contribution in [0.3, 0.4) is 0 Å². The number of rotatable bonds is 8. The van der Waals surface area contributed by atoms with Crippen LogP contribution in [0, 0.1) is 12.8 Å². The minimum absolute atomic E-state index is 0.0800. The van der Waals surface area contributed by atoms with Crippen LogP contribution in [0.4, 0.5) is 0 Å². The second-order valence-corrected chi connectivity index (χ2v) is 9.88. The van der Waals surface area contributed by atoms with Gasteiger partial charge in [0, 0.05) is 25.0 Å². The highest BCUT2D eigenvalue weighted by Gasteiger charge is 2.38. The van der Waals surface area contributed by atoms with Crippen molar-refractivity contribution in [2.24, 2.45) is 5.92 Å². The van der Waals surface area contributed by atoms with Crippen LogP contribution in [0.25, 0.3) is 11.1 Å². The van der Waals surface area contributed by atoms with Crippen molar-refractivity contribution in [1.29, 1.82) is 0 Å². The summed E-state index contributed by atoms with van der Waals surface area (Å²) in [6.45, 7) is 8.85. The maximum Gasteiger partial charge on any atom is 0.417 e. The molecule has 186 valence electrons. The number of carbonyl (C=O) groups is 2. The lowest BCUT2D eigenvalue weighted by Crippen LogP contribution is -2.51. The molecule has 1 aromatic carbocycles. The molecule has 8 heteroatoms. The zero-order valence-electron chi connectivity index (χ0n) is 20.6. The topological polar surface area (TPSA) is 95.9 Å². The number of ether oxygens (including phenoxy) is 1. The molecule has 0 radical (unpaired) electrons. The molecule has 2 aliphatic heterocycles. The van der Waals surface area contributed by atoms with Gasteiger partial charge in [-0.05, 0) is 69.2 Å². The number of carbonyl (C=O) groups excluding carboxylic acids is 2. The summed E-state index contributed by atoms with van der Waals surface area (Å²) in [6.07, 6.45) is 6.18. The summed E-state index contributed by atoms with van der Waals surface area (Å²) in [5.74, 6) is -0.545. The van der Waals surface area contributed by atoms with Gasteiger partial charge in [0.15, 0.2) is 5.58 Å². The Kier molecular flexibility index (Phi) is 7.76. The molecule has 2 aromatic rings. The lowest BCUT2D eigenvalue weighted by Gasteiger charge is -2.39. The van der Waals surface area contributed by atoms with Crippen LogP contribution >= 0.6 is 0 Å². The highest BCUT2D eigenvalue weighted by atomic mass is 16.5. The number of benzene rings is 1. The molecule has 0 spiro atoms. The van der Waals surface area contributed by atoms with E-state index in [-0.39, 0.29) is 23.8 Å². The van der Waals surface area contributed by atoms with Crippen molar-refractivity contribution in [3.05, 3.63) is 33.8 Å². The third-order valence-corrected chi connectivity index (χ3v) is 7.31.